The first kappa shape index (κ1) is 21.2. The molecule has 0 bridgehead atoms. The fourth-order valence-corrected chi connectivity index (χ4v) is 9.37. The molecule has 0 saturated carbocycles. The van der Waals surface area contributed by atoms with Crippen LogP contribution in [0.2, 0.25) is 0 Å². The van der Waals surface area contributed by atoms with Gasteiger partial charge in [-0.25, -0.2) is 0 Å². The molecule has 0 N–H and O–H groups in total. The van der Waals surface area contributed by atoms with Crippen molar-refractivity contribution in [3.8, 4) is 0 Å². The number of hydrogen-bond donors (Lipinski definition) is 0. The monoisotopic (exact) mass is 404 g/mol. The molecule has 2 unspecified atom stereocenters. The third-order valence-corrected chi connectivity index (χ3v) is 9.86. The minimum Gasteiger partial charge on any atom is -1.00 e. The molecule has 0 amide bonds. The molecule has 2 aromatic rings. The summed E-state index contributed by atoms with van der Waals surface area (Å²) in [5.41, 5.74) is 9.08. The van der Waals surface area contributed by atoms with Gasteiger partial charge in [0.1, 0.15) is 0 Å². The molecular formula is C22H23F2PTi. The van der Waals surface area contributed by atoms with Gasteiger partial charge in [0, 0.05) is 0 Å². The number of halogens is 2. The fraction of sp³-hybridized carbons (Fsp3) is 0.273. The molecule has 26 heavy (non-hydrogen) atoms. The van der Waals surface area contributed by atoms with E-state index >= 15 is 0 Å². The standard InChI is InChI=1S/C11H12P.C11H11.2FH.Ti/c1-12(2)11-7-9-5-3-4-6-10(9)8-11;1-8-6-7-9(2)11-5-3-4-10(8)11;;;/h3-8H,1-2H3;3-7H,1-2H3;2*1H;/q;;;;+2/p-2. The molecular weight excluding hydrogens is 381 g/mol. The first-order valence-electron chi connectivity index (χ1n) is 8.58. The topological polar surface area (TPSA) is 0 Å². The summed E-state index contributed by atoms with van der Waals surface area (Å²) in [6.45, 7) is 9.37. The molecule has 4 rings (SSSR count). The van der Waals surface area contributed by atoms with E-state index in [1.165, 1.54) is 22.3 Å². The van der Waals surface area contributed by atoms with Crippen LogP contribution in [-0.4, -0.2) is 13.3 Å². The normalized spacial score (nSPS) is 19.2. The van der Waals surface area contributed by atoms with E-state index in [9.17, 15) is 0 Å². The second-order valence-electron chi connectivity index (χ2n) is 7.06. The molecule has 0 nitrogen and oxygen atoms in total. The van der Waals surface area contributed by atoms with Crippen LogP contribution in [0.4, 0.5) is 0 Å². The van der Waals surface area contributed by atoms with Crippen LogP contribution >= 0.6 is 7.92 Å². The molecule has 2 atom stereocenters. The quantitative estimate of drug-likeness (QED) is 0.510. The smallest absolute Gasteiger partial charge is 1.00 e. The second kappa shape index (κ2) is 8.30. The molecule has 0 heterocycles. The maximum absolute atomic E-state index is 2.50. The van der Waals surface area contributed by atoms with Crippen molar-refractivity contribution in [1.29, 1.82) is 0 Å². The van der Waals surface area contributed by atoms with Crippen molar-refractivity contribution in [2.45, 2.75) is 22.3 Å². The number of hydrogen-bond acceptors (Lipinski definition) is 0. The molecule has 4 heteroatoms. The fourth-order valence-electron chi connectivity index (χ4n) is 3.97. The Kier molecular flexibility index (Phi) is 6.77. The van der Waals surface area contributed by atoms with Gasteiger partial charge in [-0.15, -0.1) is 0 Å². The molecule has 0 aromatic heterocycles. The zero-order valence-corrected chi connectivity index (χ0v) is 18.0. The van der Waals surface area contributed by atoms with Crippen LogP contribution < -0.4 is 9.41 Å². The van der Waals surface area contributed by atoms with Crippen molar-refractivity contribution >= 4 is 20.1 Å². The Morgan fingerprint density at radius 3 is 2.35 bits per heavy atom. The number of rotatable bonds is 3. The predicted molar refractivity (Wildman–Crippen MR) is 104 cm³/mol. The van der Waals surface area contributed by atoms with E-state index in [-0.39, 0.29) is 36.5 Å². The maximum atomic E-state index is 2.50. The van der Waals surface area contributed by atoms with Crippen molar-refractivity contribution in [2.75, 3.05) is 13.3 Å². The van der Waals surface area contributed by atoms with Gasteiger partial charge in [-0.2, -0.15) is 0 Å². The zero-order chi connectivity index (χ0) is 16.8. The number of allylic oxidation sites excluding steroid dienone is 2. The van der Waals surface area contributed by atoms with E-state index < -0.39 is 0 Å². The number of fused-ring (bicyclic) bond motifs is 2. The van der Waals surface area contributed by atoms with Crippen LogP contribution in [0.5, 0.6) is 0 Å². The third kappa shape index (κ3) is 3.52. The summed E-state index contributed by atoms with van der Waals surface area (Å²) < 4.78 is 1.39. The number of aryl methyl sites for hydroxylation is 2. The van der Waals surface area contributed by atoms with Crippen LogP contribution in [-0.2, 0) is 19.2 Å². The van der Waals surface area contributed by atoms with Gasteiger partial charge < -0.3 is 9.41 Å². The Hall–Kier alpha value is -1.08. The molecule has 2 aliphatic rings. The first-order chi connectivity index (χ1) is 11.6. The molecule has 0 saturated heterocycles. The minimum absolute atomic E-state index is 0. The van der Waals surface area contributed by atoms with E-state index in [1.807, 2.05) is 0 Å². The third-order valence-electron chi connectivity index (χ3n) is 5.26. The average molecular weight is 404 g/mol. The van der Waals surface area contributed by atoms with Crippen molar-refractivity contribution in [2.24, 2.45) is 0 Å². The molecule has 0 aliphatic heterocycles. The summed E-state index contributed by atoms with van der Waals surface area (Å²) in [5.74, 6) is 0. The summed E-state index contributed by atoms with van der Waals surface area (Å²) in [4.78, 5) is 0. The van der Waals surface area contributed by atoms with Gasteiger partial charge >= 0.3 is 156 Å². The predicted octanol–water partition coefficient (Wildman–Crippen LogP) is 0.299. The summed E-state index contributed by atoms with van der Waals surface area (Å²) >= 11 is -0.167. The van der Waals surface area contributed by atoms with Gasteiger partial charge in [0.15, 0.2) is 0 Å². The summed E-state index contributed by atoms with van der Waals surface area (Å²) in [6.07, 6.45) is 7.38. The second-order valence-corrected chi connectivity index (χ2v) is 11.8. The molecule has 134 valence electrons. The Labute approximate surface area is 165 Å². The Bertz CT molecular complexity index is 870. The maximum Gasteiger partial charge on any atom is -1.00 e. The van der Waals surface area contributed by atoms with Gasteiger partial charge in [-0.3, -0.25) is 0 Å². The van der Waals surface area contributed by atoms with Gasteiger partial charge in [0.2, 0.25) is 0 Å². The van der Waals surface area contributed by atoms with Crippen LogP contribution in [0.1, 0.15) is 41.8 Å². The van der Waals surface area contributed by atoms with E-state index in [4.69, 9.17) is 0 Å². The van der Waals surface area contributed by atoms with E-state index in [2.05, 4.69) is 81.8 Å². The van der Waals surface area contributed by atoms with E-state index in [0.717, 1.165) is 0 Å². The van der Waals surface area contributed by atoms with Crippen molar-refractivity contribution in [1.82, 2.24) is 0 Å². The van der Waals surface area contributed by atoms with E-state index in [0.29, 0.717) is 8.45 Å². The van der Waals surface area contributed by atoms with Crippen LogP contribution in [0.25, 0.3) is 12.2 Å². The molecule has 2 aliphatic carbocycles. The van der Waals surface area contributed by atoms with Crippen molar-refractivity contribution in [3.05, 3.63) is 81.2 Å². The first-order valence-corrected chi connectivity index (χ1v) is 12.6. The Balaban J connectivity index is 0.00000121. The molecule has 2 aromatic carbocycles. The molecule has 0 radical (unpaired) electrons. The van der Waals surface area contributed by atoms with Crippen LogP contribution in [0.3, 0.4) is 0 Å². The van der Waals surface area contributed by atoms with Gasteiger partial charge in [0.25, 0.3) is 0 Å². The molecule has 0 spiro atoms. The minimum atomic E-state index is -0.167. The summed E-state index contributed by atoms with van der Waals surface area (Å²) in [5, 5.41) is 1.72. The summed E-state index contributed by atoms with van der Waals surface area (Å²) in [7, 11) is -0.0204. The number of benzene rings is 2. The van der Waals surface area contributed by atoms with Gasteiger partial charge in [0.05, 0.1) is 0 Å². The molecule has 0 fully saturated rings. The van der Waals surface area contributed by atoms with Gasteiger partial charge in [-0.1, -0.05) is 0 Å². The van der Waals surface area contributed by atoms with Crippen molar-refractivity contribution in [3.63, 3.8) is 0 Å². The SMILES string of the molecule is Cc1ccc(C)c2c1C=C[CH]2[Ti+2][CH]1C(P(C)C)=Cc2ccccc21.[F-].[F-]. The largest absolute Gasteiger partial charge is 1.00 e. The Morgan fingerprint density at radius 2 is 1.62 bits per heavy atom. The van der Waals surface area contributed by atoms with Crippen LogP contribution in [0.15, 0.2) is 47.8 Å². The van der Waals surface area contributed by atoms with Crippen LogP contribution in [0, 0.1) is 13.8 Å². The summed E-state index contributed by atoms with van der Waals surface area (Å²) in [6, 6.07) is 13.7. The average Bonchev–Trinajstić information content (AvgIpc) is 3.15. The zero-order valence-electron chi connectivity index (χ0n) is 15.6. The Morgan fingerprint density at radius 1 is 0.923 bits per heavy atom. The van der Waals surface area contributed by atoms with Crippen molar-refractivity contribution < 1.29 is 28.6 Å². The van der Waals surface area contributed by atoms with Gasteiger partial charge in [-0.05, 0) is 0 Å². The van der Waals surface area contributed by atoms with E-state index in [1.54, 1.807) is 16.4 Å².